The predicted octanol–water partition coefficient (Wildman–Crippen LogP) is 2.05. The molecule has 0 bridgehead atoms. The lowest BCUT2D eigenvalue weighted by Gasteiger charge is -2.34. The Balaban J connectivity index is 1.36. The zero-order valence-corrected chi connectivity index (χ0v) is 17.7. The highest BCUT2D eigenvalue weighted by Gasteiger charge is 2.26. The Morgan fingerprint density at radius 1 is 0.906 bits per heavy atom. The number of carbonyl (C=O) groups excluding carboxylic acids is 2. The first kappa shape index (κ1) is 19.9. The number of rotatable bonds is 2. The fraction of sp³-hybridized carbons (Fsp3) is 0.261. The second-order valence-electron chi connectivity index (χ2n) is 7.90. The minimum absolute atomic E-state index is 0.139. The SMILES string of the molecule is Cc1cnc(C(=O)N2CCN(C(=O)c3ccc4c(=O)oc5ccc(C)n5c4c3)CC2)cn1. The molecule has 1 aromatic carbocycles. The van der Waals surface area contributed by atoms with Crippen LogP contribution >= 0.6 is 0 Å². The molecular formula is C23H21N5O4. The molecule has 1 aliphatic heterocycles. The Morgan fingerprint density at radius 3 is 2.31 bits per heavy atom. The molecule has 1 saturated heterocycles. The van der Waals surface area contributed by atoms with E-state index in [-0.39, 0.29) is 11.8 Å². The van der Waals surface area contributed by atoms with Crippen molar-refractivity contribution in [2.45, 2.75) is 13.8 Å². The predicted molar refractivity (Wildman–Crippen MR) is 117 cm³/mol. The third kappa shape index (κ3) is 3.31. The quantitative estimate of drug-likeness (QED) is 0.482. The van der Waals surface area contributed by atoms with Gasteiger partial charge in [0.25, 0.3) is 11.8 Å². The number of hydrogen-bond donors (Lipinski definition) is 0. The van der Waals surface area contributed by atoms with Crippen LogP contribution in [0.1, 0.15) is 32.2 Å². The highest BCUT2D eigenvalue weighted by atomic mass is 16.4. The van der Waals surface area contributed by atoms with Crippen LogP contribution in [-0.4, -0.2) is 62.2 Å². The Bertz CT molecular complexity index is 1410. The number of fused-ring (bicyclic) bond motifs is 3. The maximum Gasteiger partial charge on any atom is 0.346 e. The van der Waals surface area contributed by atoms with Gasteiger partial charge in [0.15, 0.2) is 0 Å². The van der Waals surface area contributed by atoms with Crippen molar-refractivity contribution in [1.29, 1.82) is 0 Å². The lowest BCUT2D eigenvalue weighted by atomic mass is 10.1. The minimum atomic E-state index is -0.434. The molecule has 2 amide bonds. The van der Waals surface area contributed by atoms with Gasteiger partial charge in [0.2, 0.25) is 5.71 Å². The molecule has 0 atom stereocenters. The van der Waals surface area contributed by atoms with E-state index in [9.17, 15) is 14.4 Å². The van der Waals surface area contributed by atoms with Gasteiger partial charge in [-0.05, 0) is 38.1 Å². The smallest absolute Gasteiger partial charge is 0.346 e. The number of nitrogens with zero attached hydrogens (tertiary/aromatic N) is 5. The van der Waals surface area contributed by atoms with Gasteiger partial charge in [0.1, 0.15) is 5.69 Å². The maximum atomic E-state index is 13.2. The molecule has 9 nitrogen and oxygen atoms in total. The van der Waals surface area contributed by atoms with E-state index >= 15 is 0 Å². The minimum Gasteiger partial charge on any atom is -0.405 e. The lowest BCUT2D eigenvalue weighted by Crippen LogP contribution is -2.50. The van der Waals surface area contributed by atoms with Crippen LogP contribution in [0.2, 0.25) is 0 Å². The normalized spacial score (nSPS) is 14.3. The first-order chi connectivity index (χ1) is 15.4. The molecule has 4 heterocycles. The first-order valence-corrected chi connectivity index (χ1v) is 10.3. The highest BCUT2D eigenvalue weighted by molar-refractivity contribution is 5.98. The molecule has 5 rings (SSSR count). The summed E-state index contributed by atoms with van der Waals surface area (Å²) in [5.41, 5.74) is 3.09. The monoisotopic (exact) mass is 431 g/mol. The van der Waals surface area contributed by atoms with Crippen LogP contribution in [0, 0.1) is 13.8 Å². The summed E-state index contributed by atoms with van der Waals surface area (Å²) in [6.07, 6.45) is 3.04. The van der Waals surface area contributed by atoms with Gasteiger partial charge in [-0.2, -0.15) is 0 Å². The molecule has 0 unspecified atom stereocenters. The lowest BCUT2D eigenvalue weighted by molar-refractivity contribution is 0.0532. The van der Waals surface area contributed by atoms with Crippen LogP contribution in [0.4, 0.5) is 0 Å². The van der Waals surface area contributed by atoms with E-state index in [4.69, 9.17) is 4.42 Å². The highest BCUT2D eigenvalue weighted by Crippen LogP contribution is 2.20. The van der Waals surface area contributed by atoms with Crippen molar-refractivity contribution < 1.29 is 14.0 Å². The average molecular weight is 431 g/mol. The molecule has 4 aromatic rings. The van der Waals surface area contributed by atoms with Gasteiger partial charge in [-0.3, -0.25) is 19.0 Å². The third-order valence-corrected chi connectivity index (χ3v) is 5.80. The third-order valence-electron chi connectivity index (χ3n) is 5.80. The van der Waals surface area contributed by atoms with Crippen LogP contribution in [0.15, 0.2) is 51.9 Å². The summed E-state index contributed by atoms with van der Waals surface area (Å²) in [4.78, 5) is 49.8. The van der Waals surface area contributed by atoms with E-state index in [2.05, 4.69) is 9.97 Å². The topological polar surface area (TPSA) is 101 Å². The molecule has 9 heteroatoms. The summed E-state index contributed by atoms with van der Waals surface area (Å²) < 4.78 is 7.18. The average Bonchev–Trinajstić information content (AvgIpc) is 3.19. The van der Waals surface area contributed by atoms with Crippen molar-refractivity contribution in [3.63, 3.8) is 0 Å². The standard InChI is InChI=1S/C23H21N5O4/c1-14-12-25-18(13-24-14)22(30)27-9-7-26(8-10-27)21(29)16-4-5-17-19(11-16)28-15(2)3-6-20(28)32-23(17)31/h3-6,11-13H,7-10H2,1-2H3. The van der Waals surface area contributed by atoms with E-state index in [1.807, 2.05) is 24.3 Å². The van der Waals surface area contributed by atoms with E-state index in [1.54, 1.807) is 40.3 Å². The van der Waals surface area contributed by atoms with Gasteiger partial charge in [-0.1, -0.05) is 0 Å². The van der Waals surface area contributed by atoms with Crippen LogP contribution in [0.25, 0.3) is 16.6 Å². The van der Waals surface area contributed by atoms with Gasteiger partial charge in [0, 0.05) is 49.7 Å². The van der Waals surface area contributed by atoms with Crippen molar-refractivity contribution in [2.24, 2.45) is 0 Å². The summed E-state index contributed by atoms with van der Waals surface area (Å²) in [6.45, 7) is 5.38. The number of aryl methyl sites for hydroxylation is 2. The van der Waals surface area contributed by atoms with E-state index in [0.717, 1.165) is 11.4 Å². The van der Waals surface area contributed by atoms with Gasteiger partial charge in [-0.25, -0.2) is 9.78 Å². The Kier molecular flexibility index (Phi) is 4.73. The molecule has 0 aliphatic carbocycles. The zero-order chi connectivity index (χ0) is 22.4. The largest absolute Gasteiger partial charge is 0.405 e. The maximum absolute atomic E-state index is 13.2. The number of piperazine rings is 1. The van der Waals surface area contributed by atoms with Crippen LogP contribution in [-0.2, 0) is 0 Å². The van der Waals surface area contributed by atoms with Crippen molar-refractivity contribution in [1.82, 2.24) is 24.2 Å². The summed E-state index contributed by atoms with van der Waals surface area (Å²) in [7, 11) is 0. The Morgan fingerprint density at radius 2 is 1.62 bits per heavy atom. The van der Waals surface area contributed by atoms with Gasteiger partial charge >= 0.3 is 5.63 Å². The van der Waals surface area contributed by atoms with Crippen molar-refractivity contribution in [2.75, 3.05) is 26.2 Å². The molecular weight excluding hydrogens is 410 g/mol. The summed E-state index contributed by atoms with van der Waals surface area (Å²) in [6, 6.07) is 8.60. The number of aromatic nitrogens is 3. The molecule has 0 N–H and O–H groups in total. The van der Waals surface area contributed by atoms with Crippen molar-refractivity contribution in [3.05, 3.63) is 75.8 Å². The number of benzene rings is 1. The fourth-order valence-electron chi connectivity index (χ4n) is 4.04. The zero-order valence-electron chi connectivity index (χ0n) is 17.7. The second kappa shape index (κ2) is 7.60. The van der Waals surface area contributed by atoms with Crippen molar-refractivity contribution in [3.8, 4) is 0 Å². The molecule has 0 saturated carbocycles. The first-order valence-electron chi connectivity index (χ1n) is 10.3. The summed E-state index contributed by atoms with van der Waals surface area (Å²) in [5, 5.41) is 0.419. The number of hydrogen-bond acceptors (Lipinski definition) is 6. The summed E-state index contributed by atoms with van der Waals surface area (Å²) >= 11 is 0. The fourth-order valence-corrected chi connectivity index (χ4v) is 4.04. The van der Waals surface area contributed by atoms with E-state index in [0.29, 0.717) is 54.1 Å². The van der Waals surface area contributed by atoms with Gasteiger partial charge in [-0.15, -0.1) is 0 Å². The molecule has 32 heavy (non-hydrogen) atoms. The van der Waals surface area contributed by atoms with Crippen LogP contribution < -0.4 is 5.63 Å². The number of amides is 2. The Hall–Kier alpha value is -4.01. The van der Waals surface area contributed by atoms with Crippen LogP contribution in [0.5, 0.6) is 0 Å². The van der Waals surface area contributed by atoms with Gasteiger partial charge in [0.05, 0.1) is 22.8 Å². The molecule has 0 spiro atoms. The molecule has 3 aromatic heterocycles. The van der Waals surface area contributed by atoms with Gasteiger partial charge < -0.3 is 14.2 Å². The Labute approximate surface area is 182 Å². The summed E-state index contributed by atoms with van der Waals surface area (Å²) in [5.74, 6) is -0.326. The van der Waals surface area contributed by atoms with Crippen molar-refractivity contribution >= 4 is 28.4 Å². The number of carbonyl (C=O) groups is 2. The molecule has 1 aliphatic rings. The molecule has 0 radical (unpaired) electrons. The van der Waals surface area contributed by atoms with Crippen LogP contribution in [0.3, 0.4) is 0 Å². The van der Waals surface area contributed by atoms with E-state index in [1.165, 1.54) is 6.20 Å². The molecule has 162 valence electrons. The molecule has 1 fully saturated rings. The van der Waals surface area contributed by atoms with E-state index < -0.39 is 5.63 Å². The second-order valence-corrected chi connectivity index (χ2v) is 7.90.